The summed E-state index contributed by atoms with van der Waals surface area (Å²) in [6, 6.07) is 2.17. The van der Waals surface area contributed by atoms with Crippen LogP contribution in [-0.2, 0) is 4.79 Å². The normalized spacial score (nSPS) is 14.9. The summed E-state index contributed by atoms with van der Waals surface area (Å²) < 4.78 is 0. The minimum Gasteiger partial charge on any atom is -0.353 e. The van der Waals surface area contributed by atoms with E-state index in [1.807, 2.05) is 0 Å². The quantitative estimate of drug-likeness (QED) is 0.841. The number of carbonyl (C=O) groups excluding carboxylic acids is 1. The van der Waals surface area contributed by atoms with Gasteiger partial charge < -0.3 is 10.3 Å². The fourth-order valence-electron chi connectivity index (χ4n) is 1.55. The van der Waals surface area contributed by atoms with Crippen LogP contribution in [0.2, 0.25) is 5.02 Å². The first-order valence-electron chi connectivity index (χ1n) is 5.64. The minimum absolute atomic E-state index is 0.0500. The van der Waals surface area contributed by atoms with E-state index >= 15 is 0 Å². The van der Waals surface area contributed by atoms with Crippen LogP contribution in [0.3, 0.4) is 0 Å². The Morgan fingerprint density at radius 2 is 2.44 bits per heavy atom. The van der Waals surface area contributed by atoms with Gasteiger partial charge in [0.2, 0.25) is 5.91 Å². The second-order valence-electron chi connectivity index (χ2n) is 4.20. The summed E-state index contributed by atoms with van der Waals surface area (Å²) in [7, 11) is 0. The first kappa shape index (κ1) is 11.8. The Morgan fingerprint density at radius 1 is 1.61 bits per heavy atom. The second kappa shape index (κ2) is 4.78. The van der Waals surface area contributed by atoms with Gasteiger partial charge in [-0.2, -0.15) is 0 Å². The van der Waals surface area contributed by atoms with Gasteiger partial charge in [0.1, 0.15) is 0 Å². The Kier molecular flexibility index (Phi) is 3.13. The lowest BCUT2D eigenvalue weighted by Gasteiger charge is -2.00. The van der Waals surface area contributed by atoms with E-state index in [-0.39, 0.29) is 5.91 Å². The van der Waals surface area contributed by atoms with Gasteiger partial charge in [0.25, 0.3) is 0 Å². The molecule has 5 nitrogen and oxygen atoms in total. The van der Waals surface area contributed by atoms with Gasteiger partial charge in [-0.15, -0.1) is 0 Å². The molecule has 1 saturated carbocycles. The van der Waals surface area contributed by atoms with E-state index in [2.05, 4.69) is 20.3 Å². The SMILES string of the molecule is O=C(CSc1nc2ncc(Cl)cc2[nH]1)NC1CC1. The third-order valence-corrected chi connectivity index (χ3v) is 3.64. The lowest BCUT2D eigenvalue weighted by molar-refractivity contribution is -0.118. The molecule has 0 saturated heterocycles. The van der Waals surface area contributed by atoms with Crippen molar-refractivity contribution in [3.8, 4) is 0 Å². The average molecular weight is 283 g/mol. The number of pyridine rings is 1. The number of H-pyrrole nitrogens is 1. The number of nitrogens with one attached hydrogen (secondary N) is 2. The van der Waals surface area contributed by atoms with Crippen LogP contribution in [-0.4, -0.2) is 32.7 Å². The topological polar surface area (TPSA) is 70.7 Å². The first-order chi connectivity index (χ1) is 8.70. The fourth-order valence-corrected chi connectivity index (χ4v) is 2.39. The third kappa shape index (κ3) is 2.76. The van der Waals surface area contributed by atoms with Crippen LogP contribution in [0.5, 0.6) is 0 Å². The van der Waals surface area contributed by atoms with Crippen LogP contribution in [0.1, 0.15) is 12.8 Å². The lowest BCUT2D eigenvalue weighted by Crippen LogP contribution is -2.27. The monoisotopic (exact) mass is 282 g/mol. The maximum atomic E-state index is 11.5. The molecule has 7 heteroatoms. The maximum absolute atomic E-state index is 11.5. The molecule has 0 bridgehead atoms. The van der Waals surface area contributed by atoms with Crippen LogP contribution in [0.15, 0.2) is 17.4 Å². The molecular formula is C11H11ClN4OS. The average Bonchev–Trinajstić information content (AvgIpc) is 3.04. The summed E-state index contributed by atoms with van der Waals surface area (Å²) in [5.41, 5.74) is 1.40. The number of halogens is 1. The van der Waals surface area contributed by atoms with Crippen molar-refractivity contribution >= 4 is 40.4 Å². The van der Waals surface area contributed by atoms with Gasteiger partial charge in [-0.05, 0) is 18.9 Å². The van der Waals surface area contributed by atoms with Crippen molar-refractivity contribution < 1.29 is 4.79 Å². The Balaban J connectivity index is 1.64. The van der Waals surface area contributed by atoms with Crippen molar-refractivity contribution in [2.24, 2.45) is 0 Å². The highest BCUT2D eigenvalue weighted by Gasteiger charge is 2.23. The Hall–Kier alpha value is -1.27. The third-order valence-electron chi connectivity index (χ3n) is 2.56. The molecule has 2 aromatic heterocycles. The number of hydrogen-bond acceptors (Lipinski definition) is 4. The molecule has 0 radical (unpaired) electrons. The summed E-state index contributed by atoms with van der Waals surface area (Å²) in [5.74, 6) is 0.415. The molecule has 1 aliphatic carbocycles. The van der Waals surface area contributed by atoms with E-state index < -0.39 is 0 Å². The van der Waals surface area contributed by atoms with E-state index in [1.165, 1.54) is 11.8 Å². The van der Waals surface area contributed by atoms with Crippen LogP contribution >= 0.6 is 23.4 Å². The van der Waals surface area contributed by atoms with Crippen LogP contribution in [0.25, 0.3) is 11.2 Å². The van der Waals surface area contributed by atoms with Crippen molar-refractivity contribution in [2.75, 3.05) is 5.75 Å². The van der Waals surface area contributed by atoms with Crippen molar-refractivity contribution in [3.63, 3.8) is 0 Å². The summed E-state index contributed by atoms with van der Waals surface area (Å²) >= 11 is 7.21. The number of aromatic amines is 1. The summed E-state index contributed by atoms with van der Waals surface area (Å²) in [6.45, 7) is 0. The van der Waals surface area contributed by atoms with Gasteiger partial charge in [0.15, 0.2) is 10.8 Å². The van der Waals surface area contributed by atoms with Gasteiger partial charge >= 0.3 is 0 Å². The van der Waals surface area contributed by atoms with Gasteiger partial charge in [0.05, 0.1) is 16.3 Å². The zero-order chi connectivity index (χ0) is 12.5. The highest BCUT2D eigenvalue weighted by molar-refractivity contribution is 7.99. The molecule has 0 aliphatic heterocycles. The van der Waals surface area contributed by atoms with Gasteiger partial charge in [-0.3, -0.25) is 4.79 Å². The Bertz CT molecular complexity index is 596. The standard InChI is InChI=1S/C11H11ClN4OS/c12-6-3-8-10(13-4-6)16-11(15-8)18-5-9(17)14-7-1-2-7/h3-4,7H,1-2,5H2,(H,14,17)(H,13,15,16). The number of imidazole rings is 1. The van der Waals surface area contributed by atoms with E-state index in [0.717, 1.165) is 18.4 Å². The van der Waals surface area contributed by atoms with Crippen LogP contribution in [0, 0.1) is 0 Å². The van der Waals surface area contributed by atoms with E-state index in [1.54, 1.807) is 12.3 Å². The molecule has 2 heterocycles. The molecule has 1 amide bonds. The first-order valence-corrected chi connectivity index (χ1v) is 7.00. The molecule has 2 N–H and O–H groups in total. The molecule has 18 heavy (non-hydrogen) atoms. The maximum Gasteiger partial charge on any atom is 0.230 e. The lowest BCUT2D eigenvalue weighted by atomic mass is 10.4. The largest absolute Gasteiger partial charge is 0.353 e. The number of hydrogen-bond donors (Lipinski definition) is 2. The molecule has 1 fully saturated rings. The highest BCUT2D eigenvalue weighted by atomic mass is 35.5. The van der Waals surface area contributed by atoms with Gasteiger partial charge in [0, 0.05) is 12.2 Å². The van der Waals surface area contributed by atoms with Crippen LogP contribution in [0.4, 0.5) is 0 Å². The molecule has 3 rings (SSSR count). The minimum atomic E-state index is 0.0500. The molecule has 0 spiro atoms. The Labute approximate surface area is 113 Å². The fraction of sp³-hybridized carbons (Fsp3) is 0.364. The smallest absolute Gasteiger partial charge is 0.230 e. The molecule has 0 atom stereocenters. The van der Waals surface area contributed by atoms with Gasteiger partial charge in [-0.1, -0.05) is 23.4 Å². The van der Waals surface area contributed by atoms with Crippen molar-refractivity contribution in [2.45, 2.75) is 24.0 Å². The van der Waals surface area contributed by atoms with Gasteiger partial charge in [-0.25, -0.2) is 9.97 Å². The predicted molar refractivity (Wildman–Crippen MR) is 70.8 cm³/mol. The van der Waals surface area contributed by atoms with E-state index in [0.29, 0.717) is 27.6 Å². The van der Waals surface area contributed by atoms with Crippen molar-refractivity contribution in [1.82, 2.24) is 20.3 Å². The molecule has 0 unspecified atom stereocenters. The number of nitrogens with zero attached hydrogens (tertiary/aromatic N) is 2. The second-order valence-corrected chi connectivity index (χ2v) is 5.60. The summed E-state index contributed by atoms with van der Waals surface area (Å²) in [6.07, 6.45) is 3.76. The molecular weight excluding hydrogens is 272 g/mol. The predicted octanol–water partition coefficient (Wildman–Crippen LogP) is 1.98. The summed E-state index contributed by atoms with van der Waals surface area (Å²) in [5, 5.41) is 4.18. The number of thioether (sulfide) groups is 1. The summed E-state index contributed by atoms with van der Waals surface area (Å²) in [4.78, 5) is 23.0. The number of carbonyl (C=O) groups is 1. The van der Waals surface area contributed by atoms with Crippen LogP contribution < -0.4 is 5.32 Å². The number of rotatable bonds is 4. The highest BCUT2D eigenvalue weighted by Crippen LogP contribution is 2.21. The molecule has 0 aromatic carbocycles. The molecule has 2 aromatic rings. The zero-order valence-corrected chi connectivity index (χ0v) is 11.0. The van der Waals surface area contributed by atoms with E-state index in [4.69, 9.17) is 11.6 Å². The van der Waals surface area contributed by atoms with Crippen molar-refractivity contribution in [1.29, 1.82) is 0 Å². The molecule has 94 valence electrons. The van der Waals surface area contributed by atoms with Crippen molar-refractivity contribution in [3.05, 3.63) is 17.3 Å². The zero-order valence-electron chi connectivity index (χ0n) is 9.44. The Morgan fingerprint density at radius 3 is 3.22 bits per heavy atom. The van der Waals surface area contributed by atoms with E-state index in [9.17, 15) is 4.79 Å². The molecule has 1 aliphatic rings. The number of fused-ring (bicyclic) bond motifs is 1. The number of aromatic nitrogens is 3. The number of amides is 1.